The topological polar surface area (TPSA) is 129 Å². The second kappa shape index (κ2) is 24.9. The van der Waals surface area contributed by atoms with Crippen molar-refractivity contribution in [2.75, 3.05) is 66.1 Å². The van der Waals surface area contributed by atoms with Gasteiger partial charge in [-0.15, -0.1) is 0 Å². The Hall–Kier alpha value is -3.68. The van der Waals surface area contributed by atoms with Crippen molar-refractivity contribution in [1.82, 2.24) is 0 Å². The minimum absolute atomic E-state index is 0.108. The molecule has 14 nitrogen and oxygen atoms in total. The van der Waals surface area contributed by atoms with Gasteiger partial charge in [-0.3, -0.25) is 0 Å². The number of fused-ring (bicyclic) bond motifs is 5. The van der Waals surface area contributed by atoms with Crippen LogP contribution in [0, 0.1) is 0 Å². The number of hydrogen-bond acceptors (Lipinski definition) is 14. The van der Waals surface area contributed by atoms with Crippen molar-refractivity contribution in [2.24, 2.45) is 0 Å². The van der Waals surface area contributed by atoms with E-state index in [0.717, 1.165) is 22.3 Å². The predicted molar refractivity (Wildman–Crippen MR) is 236 cm³/mol. The third kappa shape index (κ3) is 14.2. The van der Waals surface area contributed by atoms with E-state index >= 15 is 0 Å². The van der Waals surface area contributed by atoms with Crippen LogP contribution in [0.25, 0.3) is 0 Å². The summed E-state index contributed by atoms with van der Waals surface area (Å²) in [5.41, 5.74) is 3.91. The number of rotatable bonds is 12. The van der Waals surface area contributed by atoms with Gasteiger partial charge in [0.15, 0.2) is 18.4 Å². The third-order valence-corrected chi connectivity index (χ3v) is 11.5. The molecule has 4 heterocycles. The monoisotopic (exact) mass is 900 g/mol. The fraction of sp³-hybridized carbons (Fsp3) is 0.529. The van der Waals surface area contributed by atoms with Crippen molar-refractivity contribution in [3.8, 4) is 0 Å². The molecule has 2 bridgehead atoms. The molecule has 0 aromatic heterocycles. The van der Waals surface area contributed by atoms with Crippen molar-refractivity contribution in [3.05, 3.63) is 144 Å². The van der Waals surface area contributed by atoms with E-state index in [1.165, 1.54) is 0 Å². The maximum absolute atomic E-state index is 7.32. The van der Waals surface area contributed by atoms with Gasteiger partial charge in [0, 0.05) is 0 Å². The lowest BCUT2D eigenvalue weighted by Gasteiger charge is -2.49. The van der Waals surface area contributed by atoms with Crippen molar-refractivity contribution < 1.29 is 66.3 Å². The van der Waals surface area contributed by atoms with Crippen LogP contribution in [-0.2, 0) is 92.7 Å². The van der Waals surface area contributed by atoms with Gasteiger partial charge in [0.05, 0.1) is 92.5 Å². The fourth-order valence-corrected chi connectivity index (χ4v) is 8.32. The molecule has 4 aromatic rings. The highest BCUT2D eigenvalue weighted by molar-refractivity contribution is 5.16. The highest BCUT2D eigenvalue weighted by atomic mass is 16.8. The Morgan fingerprint density at radius 2 is 0.785 bits per heavy atom. The molecular weight excluding hydrogens is 837 g/mol. The van der Waals surface area contributed by atoms with Crippen LogP contribution in [0.15, 0.2) is 121 Å². The first kappa shape index (κ1) is 47.8. The minimum Gasteiger partial charge on any atom is -0.377 e. The van der Waals surface area contributed by atoms with E-state index in [0.29, 0.717) is 52.9 Å². The lowest BCUT2D eigenvalue weighted by Crippen LogP contribution is -2.65. The molecule has 0 aliphatic carbocycles. The van der Waals surface area contributed by atoms with E-state index < -0.39 is 67.2 Å². The number of ether oxygens (including phenoxy) is 14. The smallest absolute Gasteiger partial charge is 0.187 e. The molecule has 352 valence electrons. The van der Waals surface area contributed by atoms with Gasteiger partial charge < -0.3 is 66.3 Å². The molecule has 8 rings (SSSR count). The van der Waals surface area contributed by atoms with E-state index in [1.54, 1.807) is 0 Å². The van der Waals surface area contributed by atoms with Gasteiger partial charge in [0.25, 0.3) is 0 Å². The minimum atomic E-state index is -1.02. The molecule has 4 aromatic carbocycles. The van der Waals surface area contributed by atoms with Crippen LogP contribution in [0.2, 0.25) is 0 Å². The van der Waals surface area contributed by atoms with E-state index in [2.05, 4.69) is 0 Å². The molecule has 0 saturated carbocycles. The maximum atomic E-state index is 7.32. The maximum Gasteiger partial charge on any atom is 0.187 e. The average molecular weight is 901 g/mol. The summed E-state index contributed by atoms with van der Waals surface area (Å²) in [5, 5.41) is 0. The van der Waals surface area contributed by atoms with Gasteiger partial charge in [0.1, 0.15) is 48.8 Å². The average Bonchev–Trinajstić information content (AvgIpc) is 3.67. The Bertz CT molecular complexity index is 1910. The lowest BCUT2D eigenvalue weighted by atomic mass is 9.96. The molecule has 4 saturated heterocycles. The fourth-order valence-electron chi connectivity index (χ4n) is 8.32. The molecule has 0 spiro atoms. The molecule has 4 aliphatic rings. The van der Waals surface area contributed by atoms with Crippen molar-refractivity contribution in [2.45, 2.75) is 107 Å². The predicted octanol–water partition coefficient (Wildman–Crippen LogP) is 6.41. The van der Waals surface area contributed by atoms with E-state index in [1.807, 2.05) is 135 Å². The summed E-state index contributed by atoms with van der Waals surface area (Å²) < 4.78 is 91.7. The standard InChI is InChI=1S/C51H64O14/c1-51(2)64-44-42-36-56-30-28-54-26-24-52-23-25-53-27-29-55-35-41-43(63-50(62-42)48(46(44)65-51)59-33-39-19-11-5-12-20-39)45(57-31-37-15-7-3-8-16-37)47(58-32-38-17-9-4-10-18-38)49(61-41)60-34-40-21-13-6-14-22-40/h3-22,41-50H,23-36H2,1-2H3/t41-,42-,43-,44+,45+,46+,47-,48-,49-,50+/m1/s1. The molecule has 10 atom stereocenters. The Balaban J connectivity index is 1.15. The summed E-state index contributed by atoms with van der Waals surface area (Å²) in [4.78, 5) is 0. The Morgan fingerprint density at radius 1 is 0.400 bits per heavy atom. The summed E-state index contributed by atoms with van der Waals surface area (Å²) in [5.74, 6) is -0.943. The Kier molecular flexibility index (Phi) is 18.3. The normalized spacial score (nSPS) is 30.6. The van der Waals surface area contributed by atoms with Crippen LogP contribution in [0.5, 0.6) is 0 Å². The Labute approximate surface area is 382 Å². The first-order valence-corrected chi connectivity index (χ1v) is 22.8. The molecule has 0 unspecified atom stereocenters. The highest BCUT2D eigenvalue weighted by Crippen LogP contribution is 2.41. The van der Waals surface area contributed by atoms with E-state index in [-0.39, 0.29) is 39.6 Å². The summed E-state index contributed by atoms with van der Waals surface area (Å²) in [7, 11) is 0. The Morgan fingerprint density at radius 3 is 1.26 bits per heavy atom. The van der Waals surface area contributed by atoms with Crippen LogP contribution in [-0.4, -0.2) is 133 Å². The number of hydrogen-bond donors (Lipinski definition) is 0. The van der Waals surface area contributed by atoms with Gasteiger partial charge in [0.2, 0.25) is 0 Å². The largest absolute Gasteiger partial charge is 0.377 e. The van der Waals surface area contributed by atoms with Crippen LogP contribution in [0.3, 0.4) is 0 Å². The van der Waals surface area contributed by atoms with E-state index in [9.17, 15) is 0 Å². The molecule has 65 heavy (non-hydrogen) atoms. The second-order valence-electron chi connectivity index (χ2n) is 16.8. The molecule has 0 N–H and O–H groups in total. The van der Waals surface area contributed by atoms with Gasteiger partial charge in [-0.1, -0.05) is 121 Å². The lowest BCUT2D eigenvalue weighted by molar-refractivity contribution is -0.368. The van der Waals surface area contributed by atoms with Crippen LogP contribution < -0.4 is 0 Å². The molecule has 4 aliphatic heterocycles. The van der Waals surface area contributed by atoms with Gasteiger partial charge in [-0.2, -0.15) is 0 Å². The molecule has 14 heteroatoms. The van der Waals surface area contributed by atoms with E-state index in [4.69, 9.17) is 66.3 Å². The summed E-state index contributed by atoms with van der Waals surface area (Å²) >= 11 is 0. The molecule has 0 radical (unpaired) electrons. The number of benzene rings is 4. The summed E-state index contributed by atoms with van der Waals surface area (Å²) in [6.45, 7) is 8.18. The van der Waals surface area contributed by atoms with Gasteiger partial charge in [-0.25, -0.2) is 0 Å². The first-order valence-electron chi connectivity index (χ1n) is 22.8. The van der Waals surface area contributed by atoms with Crippen LogP contribution in [0.1, 0.15) is 36.1 Å². The van der Waals surface area contributed by atoms with Crippen molar-refractivity contribution >= 4 is 0 Å². The van der Waals surface area contributed by atoms with Crippen LogP contribution >= 0.6 is 0 Å². The zero-order valence-electron chi connectivity index (χ0n) is 37.4. The summed E-state index contributed by atoms with van der Waals surface area (Å²) in [6, 6.07) is 39.9. The second-order valence-corrected chi connectivity index (χ2v) is 16.8. The third-order valence-electron chi connectivity index (χ3n) is 11.5. The first-order chi connectivity index (χ1) is 32.0. The van der Waals surface area contributed by atoms with Gasteiger partial charge >= 0.3 is 0 Å². The SMILES string of the molecule is CC1(C)O[C@H]2[C@@H](O1)[C@H]1COCCOCCOCCOCCOC[C@H]3O[C@@H](OCc4ccccc4)[C@H](OCc4ccccc4)[C@@H](OCc4ccccc4)[C@@H]3O[C@H](O1)[C@@H]2OCc1ccccc1. The zero-order valence-corrected chi connectivity index (χ0v) is 37.4. The molecule has 0 amide bonds. The van der Waals surface area contributed by atoms with Gasteiger partial charge in [-0.05, 0) is 36.1 Å². The highest BCUT2D eigenvalue weighted by Gasteiger charge is 2.58. The van der Waals surface area contributed by atoms with Crippen LogP contribution in [0.4, 0.5) is 0 Å². The quantitative estimate of drug-likeness (QED) is 0.155. The van der Waals surface area contributed by atoms with Crippen molar-refractivity contribution in [3.63, 3.8) is 0 Å². The summed E-state index contributed by atoms with van der Waals surface area (Å²) in [6.07, 6.45) is -7.57. The molecule has 4 fully saturated rings. The van der Waals surface area contributed by atoms with Crippen molar-refractivity contribution in [1.29, 1.82) is 0 Å². The zero-order chi connectivity index (χ0) is 44.5. The molecular formula is C51H64O14.